The molecule has 3 N–H and O–H groups in total. The molecule has 0 radical (unpaired) electrons. The Labute approximate surface area is 170 Å². The third kappa shape index (κ3) is 4.39. The fraction of sp³-hybridized carbons (Fsp3) is 0.455. The molecule has 1 aromatic carbocycles. The predicted molar refractivity (Wildman–Crippen MR) is 109 cm³/mol. The van der Waals surface area contributed by atoms with Gasteiger partial charge in [-0.1, -0.05) is 39.0 Å². The molecule has 0 saturated carbocycles. The zero-order valence-corrected chi connectivity index (χ0v) is 17.2. The Balaban J connectivity index is 2.02. The number of hydrogen-bond acceptors (Lipinski definition) is 5. The number of para-hydroxylation sites is 1. The highest BCUT2D eigenvalue weighted by atomic mass is 16.5. The van der Waals surface area contributed by atoms with Gasteiger partial charge in [-0.3, -0.25) is 15.1 Å². The minimum absolute atomic E-state index is 0.0964. The monoisotopic (exact) mass is 397 g/mol. The highest BCUT2D eigenvalue weighted by Gasteiger charge is 2.33. The van der Waals surface area contributed by atoms with Gasteiger partial charge in [-0.05, 0) is 49.1 Å². The lowest BCUT2D eigenvalue weighted by atomic mass is 9.70. The van der Waals surface area contributed by atoms with Crippen LogP contribution < -0.4 is 11.1 Å². The number of nitrogens with one attached hydrogen (secondary N) is 1. The van der Waals surface area contributed by atoms with E-state index in [1.54, 1.807) is 0 Å². The molecule has 1 aliphatic carbocycles. The van der Waals surface area contributed by atoms with Crippen molar-refractivity contribution in [3.63, 3.8) is 0 Å². The molecule has 29 heavy (non-hydrogen) atoms. The average molecular weight is 397 g/mol. The first kappa shape index (κ1) is 20.8. The standard InChI is InChI=1S/C22H27N3O4/c1-12(19(26)25-21(23)28)29-20(27)18-14-7-5-6-8-16(14)24-17-10-9-13(11-15(17)18)22(2,3)4/h5-8,12-13H,9-11H2,1-4H3,(H3,23,25,26,28)/t12-,13+/m1/s1. The van der Waals surface area contributed by atoms with Gasteiger partial charge in [-0.15, -0.1) is 0 Å². The number of urea groups is 1. The number of carbonyl (C=O) groups excluding carboxylic acids is 3. The second kappa shape index (κ2) is 7.81. The second-order valence-corrected chi connectivity index (χ2v) is 8.64. The number of aryl methyl sites for hydroxylation is 1. The lowest BCUT2D eigenvalue weighted by molar-refractivity contribution is -0.127. The Bertz CT molecular complexity index is 978. The fourth-order valence-electron chi connectivity index (χ4n) is 3.86. The van der Waals surface area contributed by atoms with E-state index >= 15 is 0 Å². The summed E-state index contributed by atoms with van der Waals surface area (Å²) in [7, 11) is 0. The molecule has 2 atom stereocenters. The Kier molecular flexibility index (Phi) is 5.59. The maximum atomic E-state index is 13.1. The summed E-state index contributed by atoms with van der Waals surface area (Å²) in [6.45, 7) is 8.01. The highest BCUT2D eigenvalue weighted by Crippen LogP contribution is 2.39. The van der Waals surface area contributed by atoms with Crippen LogP contribution in [0.15, 0.2) is 24.3 Å². The molecule has 0 unspecified atom stereocenters. The van der Waals surface area contributed by atoms with E-state index in [1.165, 1.54) is 6.92 Å². The third-order valence-electron chi connectivity index (χ3n) is 5.59. The average Bonchev–Trinajstić information content (AvgIpc) is 2.64. The molecule has 1 heterocycles. The molecule has 1 aromatic heterocycles. The molecule has 7 nitrogen and oxygen atoms in total. The summed E-state index contributed by atoms with van der Waals surface area (Å²) in [6.07, 6.45) is 1.37. The van der Waals surface area contributed by atoms with Gasteiger partial charge in [-0.25, -0.2) is 9.59 Å². The van der Waals surface area contributed by atoms with Crippen molar-refractivity contribution in [1.82, 2.24) is 10.3 Å². The zero-order chi connectivity index (χ0) is 21.3. The lowest BCUT2D eigenvalue weighted by Crippen LogP contribution is -2.42. The number of carbonyl (C=O) groups is 3. The van der Waals surface area contributed by atoms with E-state index in [9.17, 15) is 14.4 Å². The number of hydrogen-bond donors (Lipinski definition) is 2. The van der Waals surface area contributed by atoms with Gasteiger partial charge >= 0.3 is 12.0 Å². The van der Waals surface area contributed by atoms with Crippen molar-refractivity contribution in [3.8, 4) is 0 Å². The van der Waals surface area contributed by atoms with Crippen LogP contribution in [0.5, 0.6) is 0 Å². The first-order valence-electron chi connectivity index (χ1n) is 9.79. The van der Waals surface area contributed by atoms with Gasteiger partial charge in [0.1, 0.15) is 0 Å². The van der Waals surface area contributed by atoms with Crippen molar-refractivity contribution in [1.29, 1.82) is 0 Å². The van der Waals surface area contributed by atoms with E-state index in [0.717, 1.165) is 36.0 Å². The maximum absolute atomic E-state index is 13.1. The van der Waals surface area contributed by atoms with Gasteiger partial charge in [0, 0.05) is 11.1 Å². The number of imide groups is 1. The van der Waals surface area contributed by atoms with E-state index in [0.29, 0.717) is 16.9 Å². The number of rotatable bonds is 3. The van der Waals surface area contributed by atoms with E-state index in [1.807, 2.05) is 29.6 Å². The fourth-order valence-corrected chi connectivity index (χ4v) is 3.86. The normalized spacial score (nSPS) is 17.3. The van der Waals surface area contributed by atoms with Crippen LogP contribution >= 0.6 is 0 Å². The summed E-state index contributed by atoms with van der Waals surface area (Å²) in [5.41, 5.74) is 8.05. The molecular formula is C22H27N3O4. The summed E-state index contributed by atoms with van der Waals surface area (Å²) in [5.74, 6) is -0.952. The molecule has 1 aliphatic rings. The number of benzene rings is 1. The molecule has 7 heteroatoms. The summed E-state index contributed by atoms with van der Waals surface area (Å²) >= 11 is 0. The molecule has 2 aromatic rings. The van der Waals surface area contributed by atoms with E-state index in [4.69, 9.17) is 15.5 Å². The Hall–Kier alpha value is -2.96. The number of aromatic nitrogens is 1. The van der Waals surface area contributed by atoms with Crippen molar-refractivity contribution < 1.29 is 19.1 Å². The van der Waals surface area contributed by atoms with Crippen LogP contribution in [-0.2, 0) is 22.4 Å². The highest BCUT2D eigenvalue weighted by molar-refractivity contribution is 6.06. The minimum Gasteiger partial charge on any atom is -0.449 e. The second-order valence-electron chi connectivity index (χ2n) is 8.64. The van der Waals surface area contributed by atoms with Crippen LogP contribution in [0.2, 0.25) is 0 Å². The molecule has 0 bridgehead atoms. The van der Waals surface area contributed by atoms with Crippen molar-refractivity contribution in [2.24, 2.45) is 17.1 Å². The van der Waals surface area contributed by atoms with E-state index in [2.05, 4.69) is 20.8 Å². The van der Waals surface area contributed by atoms with Gasteiger partial charge in [-0.2, -0.15) is 0 Å². The van der Waals surface area contributed by atoms with Crippen molar-refractivity contribution in [3.05, 3.63) is 41.1 Å². The maximum Gasteiger partial charge on any atom is 0.339 e. The molecule has 3 rings (SSSR count). The topological polar surface area (TPSA) is 111 Å². The number of fused-ring (bicyclic) bond motifs is 2. The van der Waals surface area contributed by atoms with Gasteiger partial charge in [0.2, 0.25) is 0 Å². The van der Waals surface area contributed by atoms with Crippen LogP contribution in [0.4, 0.5) is 4.79 Å². The molecular weight excluding hydrogens is 370 g/mol. The van der Waals surface area contributed by atoms with Crippen LogP contribution in [-0.4, -0.2) is 29.0 Å². The number of nitrogens with two attached hydrogens (primary N) is 1. The van der Waals surface area contributed by atoms with Gasteiger partial charge in [0.25, 0.3) is 5.91 Å². The number of pyridine rings is 1. The quantitative estimate of drug-likeness (QED) is 0.773. The molecule has 0 aliphatic heterocycles. The number of amides is 3. The molecule has 0 fully saturated rings. The summed E-state index contributed by atoms with van der Waals surface area (Å²) < 4.78 is 5.41. The molecule has 3 amide bonds. The summed E-state index contributed by atoms with van der Waals surface area (Å²) in [4.78, 5) is 40.8. The largest absolute Gasteiger partial charge is 0.449 e. The van der Waals surface area contributed by atoms with Gasteiger partial charge in [0.15, 0.2) is 6.10 Å². The first-order chi connectivity index (χ1) is 13.6. The van der Waals surface area contributed by atoms with E-state index in [-0.39, 0.29) is 5.41 Å². The number of esters is 1. The van der Waals surface area contributed by atoms with Crippen LogP contribution in [0.25, 0.3) is 10.9 Å². The number of ether oxygens (including phenoxy) is 1. The number of nitrogens with zero attached hydrogens (tertiary/aromatic N) is 1. The smallest absolute Gasteiger partial charge is 0.339 e. The SMILES string of the molecule is C[C@@H](OC(=O)c1c2c(nc3ccccc13)CC[C@H](C(C)(C)C)C2)C(=O)NC(N)=O. The van der Waals surface area contributed by atoms with Gasteiger partial charge in [0.05, 0.1) is 11.1 Å². The Morgan fingerprint density at radius 1 is 1.24 bits per heavy atom. The van der Waals surface area contributed by atoms with Crippen molar-refractivity contribution >= 4 is 28.8 Å². The Morgan fingerprint density at radius 3 is 2.59 bits per heavy atom. The van der Waals surface area contributed by atoms with Crippen LogP contribution in [0.1, 0.15) is 55.7 Å². The van der Waals surface area contributed by atoms with E-state index < -0.39 is 24.0 Å². The summed E-state index contributed by atoms with van der Waals surface area (Å²) in [6, 6.07) is 6.44. The van der Waals surface area contributed by atoms with Crippen molar-refractivity contribution in [2.45, 2.75) is 53.1 Å². The zero-order valence-electron chi connectivity index (χ0n) is 17.2. The van der Waals surface area contributed by atoms with Crippen molar-refractivity contribution in [2.75, 3.05) is 0 Å². The van der Waals surface area contributed by atoms with Crippen LogP contribution in [0.3, 0.4) is 0 Å². The summed E-state index contributed by atoms with van der Waals surface area (Å²) in [5, 5.41) is 2.64. The minimum atomic E-state index is -1.15. The third-order valence-corrected chi connectivity index (χ3v) is 5.59. The molecule has 0 spiro atoms. The Morgan fingerprint density at radius 2 is 1.93 bits per heavy atom. The lowest BCUT2D eigenvalue weighted by Gasteiger charge is -2.35. The first-order valence-corrected chi connectivity index (χ1v) is 9.79. The predicted octanol–water partition coefficient (Wildman–Crippen LogP) is 3.13. The molecule has 0 saturated heterocycles. The molecule has 154 valence electrons. The van der Waals surface area contributed by atoms with Gasteiger partial charge < -0.3 is 10.5 Å². The number of primary amides is 1. The van der Waals surface area contributed by atoms with Crippen LogP contribution in [0, 0.1) is 11.3 Å².